The number of benzene rings is 1. The quantitative estimate of drug-likeness (QED) is 0.819. The second kappa shape index (κ2) is 7.42. The fraction of sp³-hybridized carbons (Fsp3) is 0.684. The van der Waals surface area contributed by atoms with Crippen LogP contribution in [0.1, 0.15) is 64.0 Å². The topological polar surface area (TPSA) is 29.3 Å². The van der Waals surface area contributed by atoms with E-state index in [4.69, 9.17) is 5.73 Å². The molecule has 118 valence electrons. The van der Waals surface area contributed by atoms with Crippen LogP contribution in [0.5, 0.6) is 0 Å². The maximum Gasteiger partial charge on any atom is 0.0570 e. The number of aryl methyl sites for hydroxylation is 1. The van der Waals surface area contributed by atoms with E-state index < -0.39 is 0 Å². The third-order valence-corrected chi connectivity index (χ3v) is 4.93. The van der Waals surface area contributed by atoms with E-state index in [1.165, 1.54) is 49.9 Å². The number of nitrogens with zero attached hydrogens (tertiary/aromatic N) is 1. The van der Waals surface area contributed by atoms with Crippen molar-refractivity contribution in [2.24, 2.45) is 5.73 Å². The lowest BCUT2D eigenvalue weighted by Crippen LogP contribution is -2.58. The molecule has 2 N–H and O–H groups in total. The Morgan fingerprint density at radius 3 is 2.38 bits per heavy atom. The van der Waals surface area contributed by atoms with Gasteiger partial charge in [0.1, 0.15) is 0 Å². The lowest BCUT2D eigenvalue weighted by atomic mass is 9.70. The fourth-order valence-electron chi connectivity index (χ4n) is 4.14. The van der Waals surface area contributed by atoms with Crippen molar-refractivity contribution in [2.45, 2.75) is 70.9 Å². The zero-order valence-corrected chi connectivity index (χ0v) is 14.1. The van der Waals surface area contributed by atoms with Gasteiger partial charge in [-0.3, -0.25) is 4.90 Å². The number of rotatable bonds is 7. The second-order valence-corrected chi connectivity index (χ2v) is 6.54. The van der Waals surface area contributed by atoms with E-state index in [0.29, 0.717) is 6.04 Å². The van der Waals surface area contributed by atoms with Gasteiger partial charge < -0.3 is 5.73 Å². The number of fused-ring (bicyclic) bond motifs is 1. The van der Waals surface area contributed by atoms with Crippen molar-refractivity contribution in [3.63, 3.8) is 0 Å². The summed E-state index contributed by atoms with van der Waals surface area (Å²) in [6, 6.07) is 9.34. The van der Waals surface area contributed by atoms with Gasteiger partial charge in [-0.05, 0) is 56.3 Å². The monoisotopic (exact) mass is 288 g/mol. The Kier molecular flexibility index (Phi) is 5.83. The Balaban J connectivity index is 2.37. The Bertz CT molecular complexity index is 437. The van der Waals surface area contributed by atoms with E-state index >= 15 is 0 Å². The highest BCUT2D eigenvalue weighted by molar-refractivity contribution is 5.38. The lowest BCUT2D eigenvalue weighted by Gasteiger charge is -2.48. The zero-order valence-electron chi connectivity index (χ0n) is 14.1. The maximum atomic E-state index is 7.05. The second-order valence-electron chi connectivity index (χ2n) is 6.54. The summed E-state index contributed by atoms with van der Waals surface area (Å²) in [5.41, 5.74) is 9.75. The van der Waals surface area contributed by atoms with Gasteiger partial charge in [0.2, 0.25) is 0 Å². The third-order valence-electron chi connectivity index (χ3n) is 4.93. The smallest absolute Gasteiger partial charge is 0.0570 e. The third kappa shape index (κ3) is 3.32. The average molecular weight is 288 g/mol. The molecule has 21 heavy (non-hydrogen) atoms. The maximum absolute atomic E-state index is 7.05. The fourth-order valence-corrected chi connectivity index (χ4v) is 4.14. The molecule has 0 bridgehead atoms. The highest BCUT2D eigenvalue weighted by Crippen LogP contribution is 2.39. The van der Waals surface area contributed by atoms with E-state index in [0.717, 1.165) is 12.8 Å². The highest BCUT2D eigenvalue weighted by atomic mass is 15.2. The van der Waals surface area contributed by atoms with Gasteiger partial charge in [0.25, 0.3) is 0 Å². The zero-order chi connectivity index (χ0) is 15.3. The van der Waals surface area contributed by atoms with Crippen LogP contribution in [0.4, 0.5) is 0 Å². The predicted molar refractivity (Wildman–Crippen MR) is 91.5 cm³/mol. The first-order valence-electron chi connectivity index (χ1n) is 8.78. The van der Waals surface area contributed by atoms with Gasteiger partial charge in [0, 0.05) is 6.04 Å². The van der Waals surface area contributed by atoms with Crippen LogP contribution < -0.4 is 5.73 Å². The Labute approximate surface area is 130 Å². The number of hydrogen-bond acceptors (Lipinski definition) is 2. The minimum atomic E-state index is -0.173. The molecule has 1 aliphatic rings. The Morgan fingerprint density at radius 2 is 1.76 bits per heavy atom. The summed E-state index contributed by atoms with van der Waals surface area (Å²) in [4.78, 5) is 2.66. The molecule has 0 saturated carbocycles. The van der Waals surface area contributed by atoms with Gasteiger partial charge in [-0.2, -0.15) is 0 Å². The molecule has 1 aliphatic carbocycles. The van der Waals surface area contributed by atoms with Crippen molar-refractivity contribution in [2.75, 3.05) is 13.1 Å². The van der Waals surface area contributed by atoms with Gasteiger partial charge in [-0.1, -0.05) is 51.5 Å². The molecule has 2 rings (SSSR count). The first-order valence-corrected chi connectivity index (χ1v) is 8.78. The molecule has 0 heterocycles. The molecule has 0 aliphatic heterocycles. The largest absolute Gasteiger partial charge is 0.320 e. The van der Waals surface area contributed by atoms with E-state index in [1.807, 2.05) is 0 Å². The summed E-state index contributed by atoms with van der Waals surface area (Å²) in [7, 11) is 0. The van der Waals surface area contributed by atoms with Gasteiger partial charge in [-0.15, -0.1) is 0 Å². The van der Waals surface area contributed by atoms with Crippen LogP contribution in [0, 0.1) is 0 Å². The van der Waals surface area contributed by atoms with Crippen molar-refractivity contribution >= 4 is 0 Å². The SMILES string of the molecule is CCCN(CCC)C1CCc2ccccc2C1(N)CCC. The molecule has 1 aromatic carbocycles. The van der Waals surface area contributed by atoms with Crippen LogP contribution in [0.3, 0.4) is 0 Å². The van der Waals surface area contributed by atoms with Crippen LogP contribution in [0.25, 0.3) is 0 Å². The van der Waals surface area contributed by atoms with E-state index in [-0.39, 0.29) is 5.54 Å². The Morgan fingerprint density at radius 1 is 1.10 bits per heavy atom. The molecule has 0 amide bonds. The molecule has 2 atom stereocenters. The predicted octanol–water partition coefficient (Wildman–Crippen LogP) is 4.08. The summed E-state index contributed by atoms with van der Waals surface area (Å²) >= 11 is 0. The molecule has 0 saturated heterocycles. The molecule has 2 unspecified atom stereocenters. The van der Waals surface area contributed by atoms with Gasteiger partial charge in [0.15, 0.2) is 0 Å². The first kappa shape index (κ1) is 16.5. The molecule has 1 aromatic rings. The molecule has 0 spiro atoms. The molecule has 2 nitrogen and oxygen atoms in total. The average Bonchev–Trinajstić information content (AvgIpc) is 2.48. The van der Waals surface area contributed by atoms with Crippen molar-refractivity contribution in [3.05, 3.63) is 35.4 Å². The minimum absolute atomic E-state index is 0.173. The summed E-state index contributed by atoms with van der Waals surface area (Å²) < 4.78 is 0. The summed E-state index contributed by atoms with van der Waals surface area (Å²) in [5.74, 6) is 0. The lowest BCUT2D eigenvalue weighted by molar-refractivity contribution is 0.0938. The van der Waals surface area contributed by atoms with Gasteiger partial charge in [0.05, 0.1) is 5.54 Å². The van der Waals surface area contributed by atoms with E-state index in [2.05, 4.69) is 49.9 Å². The van der Waals surface area contributed by atoms with Gasteiger partial charge in [-0.25, -0.2) is 0 Å². The summed E-state index contributed by atoms with van der Waals surface area (Å²) in [5, 5.41) is 0. The molecule has 0 fully saturated rings. The van der Waals surface area contributed by atoms with Crippen LogP contribution >= 0.6 is 0 Å². The van der Waals surface area contributed by atoms with Crippen LogP contribution in [-0.2, 0) is 12.0 Å². The van der Waals surface area contributed by atoms with E-state index in [1.54, 1.807) is 0 Å². The van der Waals surface area contributed by atoms with Crippen LogP contribution in [0.2, 0.25) is 0 Å². The normalized spacial score (nSPS) is 25.1. The van der Waals surface area contributed by atoms with Crippen molar-refractivity contribution in [1.82, 2.24) is 4.90 Å². The molecule has 0 radical (unpaired) electrons. The molecular formula is C19H32N2. The van der Waals surface area contributed by atoms with Crippen LogP contribution in [0.15, 0.2) is 24.3 Å². The Hall–Kier alpha value is -0.860. The number of nitrogens with two attached hydrogens (primary N) is 1. The molecule has 2 heteroatoms. The molecular weight excluding hydrogens is 256 g/mol. The highest BCUT2D eigenvalue weighted by Gasteiger charge is 2.42. The minimum Gasteiger partial charge on any atom is -0.320 e. The van der Waals surface area contributed by atoms with Crippen molar-refractivity contribution in [1.29, 1.82) is 0 Å². The van der Waals surface area contributed by atoms with Crippen molar-refractivity contribution < 1.29 is 0 Å². The summed E-state index contributed by atoms with van der Waals surface area (Å²) in [6.45, 7) is 9.15. The summed E-state index contributed by atoms with van der Waals surface area (Å²) in [6.07, 6.45) is 7.02. The standard InChI is InChI=1S/C19H32N2/c1-4-13-19(20)17-10-8-7-9-16(17)11-12-18(19)21(14-5-2)15-6-3/h7-10,18H,4-6,11-15,20H2,1-3H3. The first-order chi connectivity index (χ1) is 10.2. The van der Waals surface area contributed by atoms with Crippen molar-refractivity contribution in [3.8, 4) is 0 Å². The van der Waals surface area contributed by atoms with E-state index in [9.17, 15) is 0 Å². The van der Waals surface area contributed by atoms with Gasteiger partial charge >= 0.3 is 0 Å². The van der Waals surface area contributed by atoms with Crippen LogP contribution in [-0.4, -0.2) is 24.0 Å². The molecule has 0 aromatic heterocycles. The number of hydrogen-bond donors (Lipinski definition) is 1.